The molecule has 0 aliphatic carbocycles. The van der Waals surface area contributed by atoms with Crippen LogP contribution in [0.15, 0.2) is 4.52 Å². The van der Waals surface area contributed by atoms with Crippen LogP contribution >= 0.6 is 12.4 Å². The number of rotatable bonds is 6. The van der Waals surface area contributed by atoms with Gasteiger partial charge in [0.25, 0.3) is 0 Å². The Balaban J connectivity index is 0.00000289. The van der Waals surface area contributed by atoms with Crippen molar-refractivity contribution in [2.24, 2.45) is 5.92 Å². The molecule has 0 spiro atoms. The lowest BCUT2D eigenvalue weighted by atomic mass is 10.0. The van der Waals surface area contributed by atoms with E-state index >= 15 is 0 Å². The molecule has 1 heterocycles. The molecule has 0 saturated heterocycles. The minimum absolute atomic E-state index is 0. The number of halogens is 1. The van der Waals surface area contributed by atoms with E-state index < -0.39 is 0 Å². The fourth-order valence-corrected chi connectivity index (χ4v) is 1.95. The number of hydrogen-bond donors (Lipinski definition) is 1. The molecule has 1 aromatic rings. The molecule has 2 unspecified atom stereocenters. The Hall–Kier alpha value is -0.650. The predicted octanol–water partition coefficient (Wildman–Crippen LogP) is 1.90. The van der Waals surface area contributed by atoms with E-state index in [1.807, 2.05) is 21.1 Å². The first kappa shape index (κ1) is 17.4. The van der Waals surface area contributed by atoms with E-state index in [9.17, 15) is 0 Å². The monoisotopic (exact) mass is 276 g/mol. The van der Waals surface area contributed by atoms with Gasteiger partial charge in [-0.15, -0.1) is 12.4 Å². The standard InChI is InChI=1S/C12H24N4O.ClH/c1-8(2)11(16(5)6)12-14-10(15-17-12)7-9(3)13-4;/h8-9,11,13H,7H2,1-6H3;1H. The third kappa shape index (κ3) is 4.55. The smallest absolute Gasteiger partial charge is 0.244 e. The van der Waals surface area contributed by atoms with Gasteiger partial charge in [0.15, 0.2) is 5.82 Å². The minimum atomic E-state index is 0. The maximum absolute atomic E-state index is 5.36. The Morgan fingerprint density at radius 2 is 1.89 bits per heavy atom. The first-order valence-electron chi connectivity index (χ1n) is 6.11. The van der Waals surface area contributed by atoms with Crippen molar-refractivity contribution in [1.82, 2.24) is 20.4 Å². The molecule has 1 aromatic heterocycles. The maximum Gasteiger partial charge on any atom is 0.244 e. The van der Waals surface area contributed by atoms with Crippen molar-refractivity contribution < 1.29 is 4.52 Å². The van der Waals surface area contributed by atoms with Gasteiger partial charge in [-0.2, -0.15) is 4.98 Å². The molecular weight excluding hydrogens is 252 g/mol. The normalized spacial score (nSPS) is 14.7. The molecule has 0 aliphatic heterocycles. The van der Waals surface area contributed by atoms with Crippen molar-refractivity contribution in [3.63, 3.8) is 0 Å². The fraction of sp³-hybridized carbons (Fsp3) is 0.833. The zero-order valence-corrected chi connectivity index (χ0v) is 12.9. The van der Waals surface area contributed by atoms with E-state index in [4.69, 9.17) is 4.52 Å². The summed E-state index contributed by atoms with van der Waals surface area (Å²) in [4.78, 5) is 6.60. The van der Waals surface area contributed by atoms with E-state index in [0.29, 0.717) is 17.9 Å². The van der Waals surface area contributed by atoms with Gasteiger partial charge in [0.05, 0.1) is 6.04 Å². The second kappa shape index (κ2) is 7.71. The van der Waals surface area contributed by atoms with Crippen molar-refractivity contribution in [3.8, 4) is 0 Å². The molecule has 1 N–H and O–H groups in total. The number of nitrogens with one attached hydrogen (secondary N) is 1. The third-order valence-electron chi connectivity index (χ3n) is 2.91. The molecule has 0 aromatic carbocycles. The van der Waals surface area contributed by atoms with Gasteiger partial charge >= 0.3 is 0 Å². The van der Waals surface area contributed by atoms with E-state index in [1.54, 1.807) is 0 Å². The van der Waals surface area contributed by atoms with Crippen molar-refractivity contribution >= 4 is 12.4 Å². The summed E-state index contributed by atoms with van der Waals surface area (Å²) in [7, 11) is 6.00. The summed E-state index contributed by atoms with van der Waals surface area (Å²) in [6.45, 7) is 6.41. The summed E-state index contributed by atoms with van der Waals surface area (Å²) < 4.78 is 5.36. The number of nitrogens with zero attached hydrogens (tertiary/aromatic N) is 3. The van der Waals surface area contributed by atoms with Gasteiger partial charge in [-0.1, -0.05) is 19.0 Å². The van der Waals surface area contributed by atoms with Crippen LogP contribution in [0.3, 0.4) is 0 Å². The molecule has 1 rings (SSSR count). The lowest BCUT2D eigenvalue weighted by molar-refractivity contribution is 0.181. The lowest BCUT2D eigenvalue weighted by Gasteiger charge is -2.23. The van der Waals surface area contributed by atoms with Crippen molar-refractivity contribution in [2.75, 3.05) is 21.1 Å². The number of aromatic nitrogens is 2. The Morgan fingerprint density at radius 1 is 1.28 bits per heavy atom. The van der Waals surface area contributed by atoms with Gasteiger partial charge in [0, 0.05) is 12.5 Å². The van der Waals surface area contributed by atoms with Crippen molar-refractivity contribution in [1.29, 1.82) is 0 Å². The fourth-order valence-electron chi connectivity index (χ4n) is 1.95. The molecular formula is C12H25ClN4O. The minimum Gasteiger partial charge on any atom is -0.338 e. The Morgan fingerprint density at radius 3 is 2.33 bits per heavy atom. The van der Waals surface area contributed by atoms with Gasteiger partial charge < -0.3 is 9.84 Å². The largest absolute Gasteiger partial charge is 0.338 e. The van der Waals surface area contributed by atoms with Gasteiger partial charge in [-0.3, -0.25) is 4.90 Å². The van der Waals surface area contributed by atoms with Crippen molar-refractivity contribution in [2.45, 2.75) is 39.3 Å². The zero-order chi connectivity index (χ0) is 13.0. The average molecular weight is 277 g/mol. The molecule has 0 amide bonds. The molecule has 6 heteroatoms. The van der Waals surface area contributed by atoms with Crippen LogP contribution in [0.2, 0.25) is 0 Å². The van der Waals surface area contributed by atoms with Crippen LogP contribution in [0, 0.1) is 5.92 Å². The summed E-state index contributed by atoms with van der Waals surface area (Å²) in [6, 6.07) is 0.540. The second-order valence-corrected chi connectivity index (χ2v) is 5.10. The highest BCUT2D eigenvalue weighted by Gasteiger charge is 2.24. The van der Waals surface area contributed by atoms with Gasteiger partial charge in [0.1, 0.15) is 0 Å². The lowest BCUT2D eigenvalue weighted by Crippen LogP contribution is -2.25. The van der Waals surface area contributed by atoms with Crippen LogP contribution < -0.4 is 5.32 Å². The molecule has 106 valence electrons. The maximum atomic E-state index is 5.36. The SMILES string of the molecule is CNC(C)Cc1noc(C(C(C)C)N(C)C)n1.Cl. The molecule has 5 nitrogen and oxygen atoms in total. The Bertz CT molecular complexity index is 333. The highest BCUT2D eigenvalue weighted by molar-refractivity contribution is 5.85. The Kier molecular flexibility index (Phi) is 7.43. The summed E-state index contributed by atoms with van der Waals surface area (Å²) in [5.41, 5.74) is 0. The molecule has 0 aliphatic rings. The predicted molar refractivity (Wildman–Crippen MR) is 75.0 cm³/mol. The summed E-state index contributed by atoms with van der Waals surface area (Å²) in [5.74, 6) is 1.93. The van der Waals surface area contributed by atoms with Crippen LogP contribution in [0.5, 0.6) is 0 Å². The molecule has 2 atom stereocenters. The van der Waals surface area contributed by atoms with Gasteiger partial charge in [0.2, 0.25) is 5.89 Å². The first-order valence-corrected chi connectivity index (χ1v) is 6.11. The zero-order valence-electron chi connectivity index (χ0n) is 12.1. The summed E-state index contributed by atoms with van der Waals surface area (Å²) in [6.07, 6.45) is 0.790. The molecule has 0 fully saturated rings. The second-order valence-electron chi connectivity index (χ2n) is 5.10. The highest BCUT2D eigenvalue weighted by atomic mass is 35.5. The quantitative estimate of drug-likeness (QED) is 0.860. The van der Waals surface area contributed by atoms with E-state index in [0.717, 1.165) is 12.2 Å². The van der Waals surface area contributed by atoms with E-state index in [-0.39, 0.29) is 18.4 Å². The molecule has 0 saturated carbocycles. The van der Waals surface area contributed by atoms with Crippen LogP contribution in [-0.4, -0.2) is 42.2 Å². The summed E-state index contributed by atoms with van der Waals surface area (Å²) >= 11 is 0. The van der Waals surface area contributed by atoms with Crippen LogP contribution in [0.4, 0.5) is 0 Å². The molecule has 0 radical (unpaired) electrons. The van der Waals surface area contributed by atoms with Gasteiger partial charge in [-0.25, -0.2) is 0 Å². The first-order chi connectivity index (χ1) is 7.95. The van der Waals surface area contributed by atoms with E-state index in [1.165, 1.54) is 0 Å². The highest BCUT2D eigenvalue weighted by Crippen LogP contribution is 2.24. The third-order valence-corrected chi connectivity index (χ3v) is 2.91. The Labute approximate surface area is 116 Å². The topological polar surface area (TPSA) is 54.2 Å². The average Bonchev–Trinajstić information content (AvgIpc) is 2.64. The van der Waals surface area contributed by atoms with Gasteiger partial charge in [-0.05, 0) is 34.0 Å². The van der Waals surface area contributed by atoms with Crippen molar-refractivity contribution in [3.05, 3.63) is 11.7 Å². The summed E-state index contributed by atoms with van der Waals surface area (Å²) in [5, 5.41) is 7.20. The van der Waals surface area contributed by atoms with Crippen LogP contribution in [0.1, 0.15) is 38.5 Å². The number of hydrogen-bond acceptors (Lipinski definition) is 5. The molecule has 18 heavy (non-hydrogen) atoms. The molecule has 0 bridgehead atoms. The van der Waals surface area contributed by atoms with E-state index in [2.05, 4.69) is 41.1 Å². The van der Waals surface area contributed by atoms with Crippen LogP contribution in [-0.2, 0) is 6.42 Å². The number of likely N-dealkylation sites (N-methyl/N-ethyl adjacent to an activating group) is 1. The van der Waals surface area contributed by atoms with Crippen LogP contribution in [0.25, 0.3) is 0 Å².